The van der Waals surface area contributed by atoms with Gasteiger partial charge in [-0.3, -0.25) is 4.79 Å². The maximum absolute atomic E-state index is 12.0. The molecule has 0 radical (unpaired) electrons. The number of benzene rings is 1. The fourth-order valence-electron chi connectivity index (χ4n) is 2.02. The van der Waals surface area contributed by atoms with E-state index >= 15 is 0 Å². The minimum atomic E-state index is 0.261. The minimum Gasteiger partial charge on any atom is -0.294 e. The normalized spacial score (nSPS) is 10.7. The van der Waals surface area contributed by atoms with Gasteiger partial charge in [-0.1, -0.05) is 32.4 Å². The van der Waals surface area contributed by atoms with Gasteiger partial charge in [0.2, 0.25) is 0 Å². The van der Waals surface area contributed by atoms with Gasteiger partial charge in [0.15, 0.2) is 5.78 Å². The van der Waals surface area contributed by atoms with Crippen molar-refractivity contribution in [2.45, 2.75) is 32.6 Å². The van der Waals surface area contributed by atoms with Crippen molar-refractivity contribution < 1.29 is 4.79 Å². The summed E-state index contributed by atoms with van der Waals surface area (Å²) >= 11 is 1.71. The molecule has 0 aliphatic rings. The van der Waals surface area contributed by atoms with Gasteiger partial charge in [0.25, 0.3) is 0 Å². The molecule has 0 aliphatic heterocycles. The molecule has 0 aliphatic carbocycles. The molecular formula is C16H18OS. The van der Waals surface area contributed by atoms with Crippen molar-refractivity contribution in [1.82, 2.24) is 0 Å². The Hall–Kier alpha value is -1.41. The fourth-order valence-corrected chi connectivity index (χ4v) is 2.91. The van der Waals surface area contributed by atoms with Crippen LogP contribution in [0.3, 0.4) is 0 Å². The molecule has 0 atom stereocenters. The summed E-state index contributed by atoms with van der Waals surface area (Å²) in [5, 5.41) is 1.15. The molecule has 0 saturated carbocycles. The third kappa shape index (κ3) is 2.88. The fraction of sp³-hybridized carbons (Fsp3) is 0.312. The summed E-state index contributed by atoms with van der Waals surface area (Å²) in [5.41, 5.74) is 0.840. The molecule has 94 valence electrons. The second kappa shape index (κ2) is 5.96. The number of carbonyl (C=O) groups is 1. The molecular weight excluding hydrogens is 240 g/mol. The highest BCUT2D eigenvalue weighted by Crippen LogP contribution is 2.27. The van der Waals surface area contributed by atoms with Crippen molar-refractivity contribution in [3.63, 3.8) is 0 Å². The second-order valence-electron chi connectivity index (χ2n) is 4.49. The Morgan fingerprint density at radius 1 is 1.33 bits per heavy atom. The lowest BCUT2D eigenvalue weighted by atomic mass is 10.0. The summed E-state index contributed by atoms with van der Waals surface area (Å²) in [6, 6.07) is 8.09. The van der Waals surface area contributed by atoms with Crippen LogP contribution in [0, 0.1) is 0 Å². The zero-order valence-electron chi connectivity index (χ0n) is 10.7. The van der Waals surface area contributed by atoms with E-state index in [0.717, 1.165) is 35.1 Å². The van der Waals surface area contributed by atoms with Crippen LogP contribution in [0.15, 0.2) is 30.8 Å². The molecule has 0 amide bonds. The first-order chi connectivity index (χ1) is 8.74. The van der Waals surface area contributed by atoms with Crippen molar-refractivity contribution in [2.75, 3.05) is 0 Å². The maximum atomic E-state index is 12.0. The van der Waals surface area contributed by atoms with Gasteiger partial charge in [0, 0.05) is 21.6 Å². The molecule has 1 aromatic heterocycles. The Morgan fingerprint density at radius 2 is 2.17 bits per heavy atom. The highest BCUT2D eigenvalue weighted by atomic mass is 32.1. The van der Waals surface area contributed by atoms with E-state index in [0.29, 0.717) is 6.42 Å². The van der Waals surface area contributed by atoms with Crippen LogP contribution in [0.2, 0.25) is 0 Å². The SMILES string of the molecule is C=Cc1cc2cc(C(=O)CCCCC)ccc2s1. The molecule has 18 heavy (non-hydrogen) atoms. The molecule has 2 heteroatoms. The third-order valence-electron chi connectivity index (χ3n) is 3.07. The lowest BCUT2D eigenvalue weighted by Gasteiger charge is -2.00. The second-order valence-corrected chi connectivity index (χ2v) is 5.60. The molecule has 0 spiro atoms. The van der Waals surface area contributed by atoms with E-state index in [-0.39, 0.29) is 5.78 Å². The number of hydrogen-bond donors (Lipinski definition) is 0. The monoisotopic (exact) mass is 258 g/mol. The molecule has 1 heterocycles. The Bertz CT molecular complexity index is 565. The lowest BCUT2D eigenvalue weighted by molar-refractivity contribution is 0.0979. The first-order valence-electron chi connectivity index (χ1n) is 6.44. The average molecular weight is 258 g/mol. The number of thiophene rings is 1. The first kappa shape index (κ1) is 13.0. The molecule has 0 bridgehead atoms. The predicted octanol–water partition coefficient (Wildman–Crippen LogP) is 5.31. The Balaban J connectivity index is 2.18. The van der Waals surface area contributed by atoms with Gasteiger partial charge in [-0.05, 0) is 36.1 Å². The van der Waals surface area contributed by atoms with Gasteiger partial charge < -0.3 is 0 Å². The van der Waals surface area contributed by atoms with Gasteiger partial charge in [-0.25, -0.2) is 0 Å². The summed E-state index contributed by atoms with van der Waals surface area (Å²) in [5.74, 6) is 0.261. The number of fused-ring (bicyclic) bond motifs is 1. The average Bonchev–Trinajstić information content (AvgIpc) is 2.80. The maximum Gasteiger partial charge on any atom is 0.162 e. The molecule has 1 nitrogen and oxygen atoms in total. The highest BCUT2D eigenvalue weighted by Gasteiger charge is 2.07. The van der Waals surface area contributed by atoms with Crippen molar-refractivity contribution in [2.24, 2.45) is 0 Å². The van der Waals surface area contributed by atoms with E-state index in [1.165, 1.54) is 4.70 Å². The standard InChI is InChI=1S/C16H18OS/c1-3-5-6-7-15(17)12-8-9-16-13(10-12)11-14(4-2)18-16/h4,8-11H,2-3,5-7H2,1H3. The summed E-state index contributed by atoms with van der Waals surface area (Å²) in [7, 11) is 0. The Kier molecular flexibility index (Phi) is 4.32. The topological polar surface area (TPSA) is 17.1 Å². The van der Waals surface area contributed by atoms with E-state index < -0.39 is 0 Å². The van der Waals surface area contributed by atoms with Crippen molar-refractivity contribution in [3.8, 4) is 0 Å². The zero-order chi connectivity index (χ0) is 13.0. The van der Waals surface area contributed by atoms with Crippen LogP contribution in [0.25, 0.3) is 16.2 Å². The minimum absolute atomic E-state index is 0.261. The number of Topliss-reactive ketones (excluding diaryl/α,β-unsaturated/α-hetero) is 1. The van der Waals surface area contributed by atoms with Gasteiger partial charge >= 0.3 is 0 Å². The van der Waals surface area contributed by atoms with Crippen molar-refractivity contribution in [3.05, 3.63) is 41.3 Å². The van der Waals surface area contributed by atoms with Gasteiger partial charge in [0.05, 0.1) is 0 Å². The highest BCUT2D eigenvalue weighted by molar-refractivity contribution is 7.19. The van der Waals surface area contributed by atoms with Crippen molar-refractivity contribution in [1.29, 1.82) is 0 Å². The van der Waals surface area contributed by atoms with Crippen LogP contribution < -0.4 is 0 Å². The largest absolute Gasteiger partial charge is 0.294 e. The first-order valence-corrected chi connectivity index (χ1v) is 7.25. The van der Waals surface area contributed by atoms with Crippen LogP contribution in [0.4, 0.5) is 0 Å². The summed E-state index contributed by atoms with van der Waals surface area (Å²) in [4.78, 5) is 13.2. The summed E-state index contributed by atoms with van der Waals surface area (Å²) in [6.07, 6.45) is 5.80. The molecule has 2 aromatic rings. The summed E-state index contributed by atoms with van der Waals surface area (Å²) < 4.78 is 1.22. The molecule has 1 aromatic carbocycles. The predicted molar refractivity (Wildman–Crippen MR) is 80.4 cm³/mol. The van der Waals surface area contributed by atoms with E-state index in [2.05, 4.69) is 19.6 Å². The number of unbranched alkanes of at least 4 members (excludes halogenated alkanes) is 2. The number of carbonyl (C=O) groups excluding carboxylic acids is 1. The molecule has 0 unspecified atom stereocenters. The van der Waals surface area contributed by atoms with Crippen molar-refractivity contribution >= 4 is 33.3 Å². The summed E-state index contributed by atoms with van der Waals surface area (Å²) in [6.45, 7) is 5.93. The number of rotatable bonds is 6. The van der Waals surface area contributed by atoms with Gasteiger partial charge in [0.1, 0.15) is 0 Å². The smallest absolute Gasteiger partial charge is 0.162 e. The lowest BCUT2D eigenvalue weighted by Crippen LogP contribution is -1.98. The van der Waals surface area contributed by atoms with Gasteiger partial charge in [-0.15, -0.1) is 11.3 Å². The van der Waals surface area contributed by atoms with Crippen LogP contribution in [0.5, 0.6) is 0 Å². The van der Waals surface area contributed by atoms with E-state index in [4.69, 9.17) is 0 Å². The van der Waals surface area contributed by atoms with E-state index in [9.17, 15) is 4.79 Å². The number of hydrogen-bond acceptors (Lipinski definition) is 2. The Morgan fingerprint density at radius 3 is 2.89 bits per heavy atom. The molecule has 0 fully saturated rings. The third-order valence-corrected chi connectivity index (χ3v) is 4.18. The van der Waals surface area contributed by atoms with E-state index in [1.54, 1.807) is 11.3 Å². The molecule has 0 N–H and O–H groups in total. The molecule has 2 rings (SSSR count). The number of ketones is 1. The van der Waals surface area contributed by atoms with Crippen LogP contribution in [-0.2, 0) is 0 Å². The zero-order valence-corrected chi connectivity index (χ0v) is 11.6. The molecule has 0 saturated heterocycles. The van der Waals surface area contributed by atoms with Crippen LogP contribution >= 0.6 is 11.3 Å². The van der Waals surface area contributed by atoms with Crippen LogP contribution in [0.1, 0.15) is 47.8 Å². The van der Waals surface area contributed by atoms with E-state index in [1.807, 2.05) is 24.3 Å². The quantitative estimate of drug-likeness (QED) is 0.507. The van der Waals surface area contributed by atoms with Crippen LogP contribution in [-0.4, -0.2) is 5.78 Å². The Labute approximate surface area is 112 Å². The van der Waals surface area contributed by atoms with Gasteiger partial charge in [-0.2, -0.15) is 0 Å².